The zero-order chi connectivity index (χ0) is 13.0. The van der Waals surface area contributed by atoms with Crippen LogP contribution in [0.1, 0.15) is 48.0 Å². The molecule has 0 saturated heterocycles. The first kappa shape index (κ1) is 14.9. The smallest absolute Gasteiger partial charge is 0.311 e. The van der Waals surface area contributed by atoms with Crippen LogP contribution >= 0.6 is 0 Å². The molecule has 1 amide bonds. The molecule has 0 aromatic heterocycles. The lowest BCUT2D eigenvalue weighted by molar-refractivity contribution is -0.166. The molecule has 94 valence electrons. The number of amides is 1. The van der Waals surface area contributed by atoms with Crippen molar-refractivity contribution < 1.29 is 14.3 Å². The normalized spacial score (nSPS) is 12.1. The van der Waals surface area contributed by atoms with Crippen molar-refractivity contribution in [2.24, 2.45) is 5.41 Å². The molecule has 16 heavy (non-hydrogen) atoms. The average Bonchev–Trinajstić information content (AvgIpc) is 1.99. The van der Waals surface area contributed by atoms with Crippen LogP contribution in [0.25, 0.3) is 0 Å². The lowest BCUT2D eigenvalue weighted by Crippen LogP contribution is -2.37. The van der Waals surface area contributed by atoms with Crippen molar-refractivity contribution in [3.63, 3.8) is 0 Å². The number of esters is 1. The Bertz CT molecular complexity index is 264. The van der Waals surface area contributed by atoms with Gasteiger partial charge in [-0.05, 0) is 34.6 Å². The number of carbonyl (C=O) groups is 2. The van der Waals surface area contributed by atoms with Crippen molar-refractivity contribution in [2.45, 2.75) is 53.6 Å². The van der Waals surface area contributed by atoms with E-state index < -0.39 is 11.0 Å². The minimum absolute atomic E-state index is 0.0713. The summed E-state index contributed by atoms with van der Waals surface area (Å²) in [5.74, 6) is -0.293. The number of carbonyl (C=O) groups excluding carboxylic acids is 2. The van der Waals surface area contributed by atoms with Crippen LogP contribution in [0.4, 0.5) is 0 Å². The molecular weight excluding hydrogens is 206 g/mol. The van der Waals surface area contributed by atoms with E-state index in [9.17, 15) is 9.59 Å². The minimum Gasteiger partial charge on any atom is -0.459 e. The molecule has 0 fully saturated rings. The molecule has 0 aromatic carbocycles. The average molecular weight is 229 g/mol. The summed E-state index contributed by atoms with van der Waals surface area (Å²) in [6.45, 7) is 11.1. The molecule has 0 aliphatic carbocycles. The predicted molar refractivity (Wildman–Crippen MR) is 62.9 cm³/mol. The zero-order valence-electron chi connectivity index (χ0n) is 11.1. The molecule has 0 heterocycles. The van der Waals surface area contributed by atoms with Crippen LogP contribution < -0.4 is 5.32 Å². The number of hydrogen-bond donors (Lipinski definition) is 1. The topological polar surface area (TPSA) is 55.4 Å². The third-order valence-corrected chi connectivity index (χ3v) is 2.08. The van der Waals surface area contributed by atoms with E-state index in [1.54, 1.807) is 0 Å². The molecule has 0 radical (unpaired) electrons. The minimum atomic E-state index is -0.549. The third kappa shape index (κ3) is 6.43. The van der Waals surface area contributed by atoms with Gasteiger partial charge in [0.2, 0.25) is 5.91 Å². The van der Waals surface area contributed by atoms with E-state index in [0.717, 1.165) is 0 Å². The van der Waals surface area contributed by atoms with Gasteiger partial charge < -0.3 is 10.1 Å². The SMILES string of the molecule is CC(=O)NCCC(C)(C)OC(=O)C(C)(C)C. The standard InChI is InChI=1S/C12H23NO3/c1-9(14)13-8-7-12(5,6)16-10(15)11(2,3)4/h7-8H2,1-6H3,(H,13,14). The number of rotatable bonds is 4. The summed E-state index contributed by atoms with van der Waals surface area (Å²) in [6.07, 6.45) is 0.606. The molecule has 0 bridgehead atoms. The molecule has 0 atom stereocenters. The summed E-state index contributed by atoms with van der Waals surface area (Å²) in [5, 5.41) is 2.68. The van der Waals surface area contributed by atoms with Gasteiger partial charge in [-0.1, -0.05) is 0 Å². The number of ether oxygens (including phenoxy) is 1. The van der Waals surface area contributed by atoms with Gasteiger partial charge in [0.25, 0.3) is 0 Å². The summed E-state index contributed by atoms with van der Waals surface area (Å²) in [7, 11) is 0. The van der Waals surface area contributed by atoms with Crippen molar-refractivity contribution in [2.75, 3.05) is 6.54 Å². The van der Waals surface area contributed by atoms with Gasteiger partial charge in [-0.25, -0.2) is 0 Å². The second-order valence-electron chi connectivity index (χ2n) is 5.63. The van der Waals surface area contributed by atoms with Crippen LogP contribution in [0.5, 0.6) is 0 Å². The maximum Gasteiger partial charge on any atom is 0.311 e. The lowest BCUT2D eigenvalue weighted by Gasteiger charge is -2.29. The van der Waals surface area contributed by atoms with Crippen LogP contribution in [-0.4, -0.2) is 24.0 Å². The molecule has 0 aromatic rings. The summed E-state index contributed by atoms with van der Waals surface area (Å²) < 4.78 is 5.39. The van der Waals surface area contributed by atoms with Gasteiger partial charge in [-0.2, -0.15) is 0 Å². The Morgan fingerprint density at radius 3 is 2.00 bits per heavy atom. The van der Waals surface area contributed by atoms with Crippen molar-refractivity contribution in [3.05, 3.63) is 0 Å². The Kier molecular flexibility index (Phi) is 4.97. The van der Waals surface area contributed by atoms with Gasteiger partial charge in [-0.15, -0.1) is 0 Å². The monoisotopic (exact) mass is 229 g/mol. The maximum absolute atomic E-state index is 11.7. The van der Waals surface area contributed by atoms with E-state index in [4.69, 9.17) is 4.74 Å². The van der Waals surface area contributed by atoms with Gasteiger partial charge in [-0.3, -0.25) is 9.59 Å². The van der Waals surface area contributed by atoms with Gasteiger partial charge in [0.15, 0.2) is 0 Å². The Balaban J connectivity index is 4.14. The summed E-state index contributed by atoms with van der Waals surface area (Å²) in [5.41, 5.74) is -1.04. The molecule has 4 heteroatoms. The highest BCUT2D eigenvalue weighted by Crippen LogP contribution is 2.22. The molecule has 0 saturated carbocycles. The maximum atomic E-state index is 11.7. The van der Waals surface area contributed by atoms with Crippen molar-refractivity contribution >= 4 is 11.9 Å². The number of nitrogens with one attached hydrogen (secondary N) is 1. The summed E-state index contributed by atoms with van der Waals surface area (Å²) in [6, 6.07) is 0. The fourth-order valence-corrected chi connectivity index (χ4v) is 0.995. The van der Waals surface area contributed by atoms with Gasteiger partial charge in [0, 0.05) is 19.9 Å². The number of hydrogen-bond acceptors (Lipinski definition) is 3. The highest BCUT2D eigenvalue weighted by molar-refractivity contribution is 5.75. The van der Waals surface area contributed by atoms with E-state index in [0.29, 0.717) is 13.0 Å². The van der Waals surface area contributed by atoms with Gasteiger partial charge >= 0.3 is 5.97 Å². The van der Waals surface area contributed by atoms with E-state index in [-0.39, 0.29) is 11.9 Å². The third-order valence-electron chi connectivity index (χ3n) is 2.08. The summed E-state index contributed by atoms with van der Waals surface area (Å²) >= 11 is 0. The Morgan fingerprint density at radius 2 is 1.62 bits per heavy atom. The van der Waals surface area contributed by atoms with Crippen molar-refractivity contribution in [3.8, 4) is 0 Å². The van der Waals surface area contributed by atoms with Crippen molar-refractivity contribution in [1.29, 1.82) is 0 Å². The molecule has 0 aliphatic rings. The quantitative estimate of drug-likeness (QED) is 0.749. The van der Waals surface area contributed by atoms with Crippen LogP contribution in [0.15, 0.2) is 0 Å². The Morgan fingerprint density at radius 1 is 1.12 bits per heavy atom. The summed E-state index contributed by atoms with van der Waals surface area (Å²) in [4.78, 5) is 22.4. The first-order chi connectivity index (χ1) is 7.04. The molecule has 0 spiro atoms. The molecular formula is C12H23NO3. The van der Waals surface area contributed by atoms with E-state index in [1.165, 1.54) is 6.92 Å². The molecule has 1 N–H and O–H groups in total. The predicted octanol–water partition coefficient (Wildman–Crippen LogP) is 1.88. The first-order valence-electron chi connectivity index (χ1n) is 5.52. The Hall–Kier alpha value is -1.06. The largest absolute Gasteiger partial charge is 0.459 e. The van der Waals surface area contributed by atoms with Crippen LogP contribution in [-0.2, 0) is 14.3 Å². The molecule has 0 rings (SSSR count). The first-order valence-corrected chi connectivity index (χ1v) is 5.52. The van der Waals surface area contributed by atoms with E-state index in [1.807, 2.05) is 34.6 Å². The van der Waals surface area contributed by atoms with E-state index >= 15 is 0 Å². The second kappa shape index (κ2) is 5.32. The van der Waals surface area contributed by atoms with Crippen LogP contribution in [0, 0.1) is 5.41 Å². The highest BCUT2D eigenvalue weighted by atomic mass is 16.6. The highest BCUT2D eigenvalue weighted by Gasteiger charge is 2.30. The fraction of sp³-hybridized carbons (Fsp3) is 0.833. The van der Waals surface area contributed by atoms with Crippen molar-refractivity contribution in [1.82, 2.24) is 5.32 Å². The van der Waals surface area contributed by atoms with Crippen LogP contribution in [0.2, 0.25) is 0 Å². The van der Waals surface area contributed by atoms with Gasteiger partial charge in [0.05, 0.1) is 5.41 Å². The molecule has 0 aliphatic heterocycles. The lowest BCUT2D eigenvalue weighted by atomic mass is 9.96. The molecule has 0 unspecified atom stereocenters. The van der Waals surface area contributed by atoms with Crippen LogP contribution in [0.3, 0.4) is 0 Å². The molecule has 4 nitrogen and oxygen atoms in total. The second-order valence-corrected chi connectivity index (χ2v) is 5.63. The van der Waals surface area contributed by atoms with E-state index in [2.05, 4.69) is 5.32 Å². The zero-order valence-corrected chi connectivity index (χ0v) is 11.1. The Labute approximate surface area is 97.7 Å². The fourth-order valence-electron chi connectivity index (χ4n) is 0.995. The van der Waals surface area contributed by atoms with Gasteiger partial charge in [0.1, 0.15) is 5.60 Å².